The van der Waals surface area contributed by atoms with Gasteiger partial charge >= 0.3 is 0 Å². The van der Waals surface area contributed by atoms with Crippen LogP contribution >= 0.6 is 0 Å². The Morgan fingerprint density at radius 3 is 2.81 bits per heavy atom. The number of hydrogen-bond donors (Lipinski definition) is 1. The molecule has 1 amide bonds. The maximum atomic E-state index is 14.7. The number of nitrogens with zero attached hydrogens (tertiary/aromatic N) is 5. The third-order valence-electron chi connectivity index (χ3n) is 4.82. The van der Waals surface area contributed by atoms with Crippen molar-refractivity contribution >= 4 is 22.6 Å². The molecule has 1 N–H and O–H groups in total. The Morgan fingerprint density at radius 2 is 2.15 bits per heavy atom. The molecule has 1 saturated heterocycles. The Bertz CT molecular complexity index is 1060. The van der Waals surface area contributed by atoms with Gasteiger partial charge in [-0.25, -0.2) is 19.0 Å². The molecule has 1 saturated carbocycles. The molecule has 27 heavy (non-hydrogen) atoms. The second kappa shape index (κ2) is 5.78. The number of rotatable bonds is 4. The SMILES string of the molecule is CC(=O)Nc1cc2c(cn1)c(C1CC1)nn2-c1cncc(C2(F)COC2)n1. The summed E-state index contributed by atoms with van der Waals surface area (Å²) in [5.74, 6) is 1.04. The maximum absolute atomic E-state index is 14.7. The van der Waals surface area contributed by atoms with Crippen molar-refractivity contribution in [2.75, 3.05) is 18.5 Å². The number of anilines is 1. The summed E-state index contributed by atoms with van der Waals surface area (Å²) in [6.45, 7) is 1.39. The van der Waals surface area contributed by atoms with Gasteiger partial charge in [-0.3, -0.25) is 9.78 Å². The van der Waals surface area contributed by atoms with Crippen LogP contribution in [0.5, 0.6) is 0 Å². The highest BCUT2D eigenvalue weighted by molar-refractivity contribution is 5.91. The molecule has 1 aliphatic carbocycles. The number of amides is 1. The molecular formula is C18H17FN6O2. The van der Waals surface area contributed by atoms with Crippen LogP contribution in [0, 0.1) is 0 Å². The lowest BCUT2D eigenvalue weighted by molar-refractivity contribution is -0.137. The zero-order valence-electron chi connectivity index (χ0n) is 14.6. The zero-order valence-corrected chi connectivity index (χ0v) is 14.6. The highest BCUT2D eigenvalue weighted by atomic mass is 19.1. The molecule has 3 aromatic rings. The third-order valence-corrected chi connectivity index (χ3v) is 4.82. The fourth-order valence-corrected chi connectivity index (χ4v) is 3.22. The molecule has 138 valence electrons. The van der Waals surface area contributed by atoms with Gasteiger partial charge in [-0.2, -0.15) is 5.10 Å². The van der Waals surface area contributed by atoms with Gasteiger partial charge in [-0.05, 0) is 12.8 Å². The number of alkyl halides is 1. The highest BCUT2D eigenvalue weighted by Crippen LogP contribution is 2.43. The molecule has 3 aromatic heterocycles. The Hall–Kier alpha value is -2.94. The maximum Gasteiger partial charge on any atom is 0.222 e. The molecule has 1 aliphatic heterocycles. The van der Waals surface area contributed by atoms with E-state index in [2.05, 4.69) is 20.3 Å². The Balaban J connectivity index is 1.65. The number of halogens is 1. The second-order valence-corrected chi connectivity index (χ2v) is 7.06. The van der Waals surface area contributed by atoms with Gasteiger partial charge in [0, 0.05) is 30.5 Å². The monoisotopic (exact) mass is 368 g/mol. The molecular weight excluding hydrogens is 351 g/mol. The van der Waals surface area contributed by atoms with E-state index in [4.69, 9.17) is 9.84 Å². The molecule has 2 fully saturated rings. The molecule has 2 aliphatic rings. The molecule has 4 heterocycles. The highest BCUT2D eigenvalue weighted by Gasteiger charge is 2.42. The minimum Gasteiger partial charge on any atom is -0.374 e. The largest absolute Gasteiger partial charge is 0.374 e. The smallest absolute Gasteiger partial charge is 0.222 e. The average Bonchev–Trinajstić information content (AvgIpc) is 3.40. The average molecular weight is 368 g/mol. The molecule has 9 heteroatoms. The van der Waals surface area contributed by atoms with Crippen LogP contribution in [0.15, 0.2) is 24.7 Å². The van der Waals surface area contributed by atoms with Gasteiger partial charge in [-0.15, -0.1) is 0 Å². The van der Waals surface area contributed by atoms with Crippen molar-refractivity contribution in [2.24, 2.45) is 0 Å². The van der Waals surface area contributed by atoms with Crippen LogP contribution in [0.3, 0.4) is 0 Å². The van der Waals surface area contributed by atoms with Crippen LogP contribution in [0.1, 0.15) is 37.1 Å². The summed E-state index contributed by atoms with van der Waals surface area (Å²) < 4.78 is 21.3. The van der Waals surface area contributed by atoms with Crippen LogP contribution in [-0.2, 0) is 15.2 Å². The number of carbonyl (C=O) groups is 1. The minimum absolute atomic E-state index is 0.0189. The van der Waals surface area contributed by atoms with Gasteiger partial charge in [0.05, 0.1) is 36.8 Å². The Kier molecular flexibility index (Phi) is 3.48. The molecule has 8 nitrogen and oxygen atoms in total. The first-order valence-electron chi connectivity index (χ1n) is 8.79. The number of aromatic nitrogens is 5. The van der Waals surface area contributed by atoms with Gasteiger partial charge < -0.3 is 10.1 Å². The fraction of sp³-hybridized carbons (Fsp3) is 0.389. The van der Waals surface area contributed by atoms with E-state index in [0.29, 0.717) is 17.6 Å². The summed E-state index contributed by atoms with van der Waals surface area (Å²) in [5.41, 5.74) is 0.327. The quantitative estimate of drug-likeness (QED) is 0.759. The van der Waals surface area contributed by atoms with Crippen molar-refractivity contribution in [1.82, 2.24) is 24.7 Å². The standard InChI is InChI=1S/C18H17FN6O2/c1-10(26)22-15-4-13-12(5-21-15)17(11-2-3-11)24-25(13)16-7-20-6-14(23-16)18(19)8-27-9-18/h4-7,11H,2-3,8-9H2,1H3,(H,21,22,26). The lowest BCUT2D eigenvalue weighted by atomic mass is 10.0. The van der Waals surface area contributed by atoms with Gasteiger partial charge in [0.2, 0.25) is 5.91 Å². The first-order valence-corrected chi connectivity index (χ1v) is 8.79. The van der Waals surface area contributed by atoms with Gasteiger partial charge in [0.25, 0.3) is 0 Å². The predicted molar refractivity (Wildman–Crippen MR) is 94.3 cm³/mol. The number of fused-ring (bicyclic) bond motifs is 1. The number of pyridine rings is 1. The molecule has 5 rings (SSSR count). The molecule has 0 radical (unpaired) electrons. The number of hydrogen-bond acceptors (Lipinski definition) is 6. The van der Waals surface area contributed by atoms with Crippen LogP contribution in [0.4, 0.5) is 10.2 Å². The summed E-state index contributed by atoms with van der Waals surface area (Å²) in [5, 5.41) is 8.30. The Labute approximate surface area is 153 Å². The van der Waals surface area contributed by atoms with E-state index in [0.717, 1.165) is 29.4 Å². The van der Waals surface area contributed by atoms with Crippen molar-refractivity contribution in [2.45, 2.75) is 31.4 Å². The van der Waals surface area contributed by atoms with Crippen molar-refractivity contribution < 1.29 is 13.9 Å². The number of ether oxygens (including phenoxy) is 1. The zero-order chi connectivity index (χ0) is 18.6. The van der Waals surface area contributed by atoms with Crippen molar-refractivity contribution in [3.8, 4) is 5.82 Å². The first kappa shape index (κ1) is 16.2. The van der Waals surface area contributed by atoms with Crippen molar-refractivity contribution in [1.29, 1.82) is 0 Å². The van der Waals surface area contributed by atoms with Crippen LogP contribution in [0.25, 0.3) is 16.7 Å². The molecule has 0 spiro atoms. The van der Waals surface area contributed by atoms with Gasteiger partial charge in [-0.1, -0.05) is 0 Å². The fourth-order valence-electron chi connectivity index (χ4n) is 3.22. The lowest BCUT2D eigenvalue weighted by Crippen LogP contribution is -2.43. The van der Waals surface area contributed by atoms with E-state index >= 15 is 0 Å². The van der Waals surface area contributed by atoms with E-state index in [9.17, 15) is 9.18 Å². The molecule has 0 bridgehead atoms. The van der Waals surface area contributed by atoms with Crippen molar-refractivity contribution in [3.05, 3.63) is 36.0 Å². The minimum atomic E-state index is -1.60. The number of nitrogens with one attached hydrogen (secondary N) is 1. The summed E-state index contributed by atoms with van der Waals surface area (Å²) >= 11 is 0. The molecule has 0 aromatic carbocycles. The van der Waals surface area contributed by atoms with Gasteiger partial charge in [0.15, 0.2) is 11.5 Å². The third kappa shape index (κ3) is 2.74. The molecule has 0 atom stereocenters. The summed E-state index contributed by atoms with van der Waals surface area (Å²) in [6.07, 6.45) is 6.84. The topological polar surface area (TPSA) is 94.8 Å². The van der Waals surface area contributed by atoms with Crippen molar-refractivity contribution in [3.63, 3.8) is 0 Å². The Morgan fingerprint density at radius 1 is 1.33 bits per heavy atom. The van der Waals surface area contributed by atoms with E-state index in [1.165, 1.54) is 13.1 Å². The summed E-state index contributed by atoms with van der Waals surface area (Å²) in [6, 6.07) is 1.75. The van der Waals surface area contributed by atoms with Crippen LogP contribution in [0.2, 0.25) is 0 Å². The van der Waals surface area contributed by atoms with Crippen LogP contribution in [-0.4, -0.2) is 43.9 Å². The van der Waals surface area contributed by atoms with E-state index in [-0.39, 0.29) is 24.8 Å². The summed E-state index contributed by atoms with van der Waals surface area (Å²) in [7, 11) is 0. The molecule has 0 unspecified atom stereocenters. The normalized spacial score (nSPS) is 18.3. The first-order chi connectivity index (χ1) is 13.0. The summed E-state index contributed by atoms with van der Waals surface area (Å²) in [4.78, 5) is 24.3. The van der Waals surface area contributed by atoms with E-state index in [1.54, 1.807) is 23.1 Å². The van der Waals surface area contributed by atoms with E-state index in [1.807, 2.05) is 0 Å². The second-order valence-electron chi connectivity index (χ2n) is 7.06. The van der Waals surface area contributed by atoms with E-state index < -0.39 is 5.67 Å². The van der Waals surface area contributed by atoms with Crippen LogP contribution < -0.4 is 5.32 Å². The van der Waals surface area contributed by atoms with Gasteiger partial charge in [0.1, 0.15) is 11.5 Å². The predicted octanol–water partition coefficient (Wildman–Crippen LogP) is 2.24. The lowest BCUT2D eigenvalue weighted by Gasteiger charge is -2.32. The number of carbonyl (C=O) groups excluding carboxylic acids is 1.